The van der Waals surface area contributed by atoms with Crippen molar-refractivity contribution < 1.29 is 26.4 Å². The number of esters is 1. The van der Waals surface area contributed by atoms with E-state index in [1.54, 1.807) is 6.92 Å². The summed E-state index contributed by atoms with van der Waals surface area (Å²) in [6, 6.07) is 0.0964. The number of rotatable bonds is 3. The van der Waals surface area contributed by atoms with Crippen LogP contribution in [0.4, 0.5) is 0 Å². The van der Waals surface area contributed by atoms with Crippen LogP contribution in [0.5, 0.6) is 0 Å². The molecule has 0 aliphatic carbocycles. The average molecular weight is 432 g/mol. The van der Waals surface area contributed by atoms with Crippen molar-refractivity contribution in [3.63, 3.8) is 0 Å². The number of halogens is 1. The van der Waals surface area contributed by atoms with E-state index in [9.17, 15) is 21.6 Å². The molecule has 22 heavy (non-hydrogen) atoms. The van der Waals surface area contributed by atoms with Crippen LogP contribution in [-0.4, -0.2) is 58.3 Å². The molecule has 1 aliphatic heterocycles. The number of nitrogens with zero attached hydrogens (tertiary/aromatic N) is 1. The van der Waals surface area contributed by atoms with Crippen LogP contribution in [0.25, 0.3) is 0 Å². The summed E-state index contributed by atoms with van der Waals surface area (Å²) in [6.45, 7) is 1.38. The van der Waals surface area contributed by atoms with E-state index in [4.69, 9.17) is 0 Å². The van der Waals surface area contributed by atoms with Crippen LogP contribution in [0.1, 0.15) is 4.88 Å². The van der Waals surface area contributed by atoms with Crippen molar-refractivity contribution in [2.45, 2.75) is 17.9 Å². The Labute approximate surface area is 141 Å². The van der Waals surface area contributed by atoms with E-state index in [0.717, 1.165) is 11.4 Å². The molecule has 1 saturated heterocycles. The van der Waals surface area contributed by atoms with Gasteiger partial charge < -0.3 is 4.74 Å². The van der Waals surface area contributed by atoms with Gasteiger partial charge in [0.1, 0.15) is 6.04 Å². The number of carbonyl (C=O) groups excluding carboxylic acids is 1. The summed E-state index contributed by atoms with van der Waals surface area (Å²) in [4.78, 5) is 12.5. The van der Waals surface area contributed by atoms with Gasteiger partial charge in [-0.2, -0.15) is 4.31 Å². The smallest absolute Gasteiger partial charge is 0.325 e. The quantitative estimate of drug-likeness (QED) is 0.655. The molecule has 124 valence electrons. The molecule has 0 bridgehead atoms. The zero-order valence-electron chi connectivity index (χ0n) is 11.8. The fraction of sp³-hybridized carbons (Fsp3) is 0.545. The van der Waals surface area contributed by atoms with Gasteiger partial charge in [-0.3, -0.25) is 4.79 Å². The van der Waals surface area contributed by atoms with E-state index in [1.807, 2.05) is 0 Å². The predicted molar refractivity (Wildman–Crippen MR) is 85.1 cm³/mol. The van der Waals surface area contributed by atoms with Crippen molar-refractivity contribution in [3.05, 3.63) is 14.7 Å². The minimum atomic E-state index is -3.98. The summed E-state index contributed by atoms with van der Waals surface area (Å²) < 4.78 is 55.1. The van der Waals surface area contributed by atoms with Crippen molar-refractivity contribution in [1.29, 1.82) is 0 Å². The Kier molecular flexibility index (Phi) is 5.03. The van der Waals surface area contributed by atoms with Crippen molar-refractivity contribution >= 4 is 53.1 Å². The van der Waals surface area contributed by atoms with Crippen molar-refractivity contribution in [2.24, 2.45) is 0 Å². The predicted octanol–water partition coefficient (Wildman–Crippen LogP) is 0.780. The topological polar surface area (TPSA) is 97.8 Å². The first kappa shape index (κ1) is 17.9. The number of carbonyl (C=O) groups is 1. The van der Waals surface area contributed by atoms with E-state index in [2.05, 4.69) is 20.7 Å². The Morgan fingerprint density at radius 1 is 1.50 bits per heavy atom. The highest BCUT2D eigenvalue weighted by Gasteiger charge is 2.44. The molecule has 0 saturated carbocycles. The lowest BCUT2D eigenvalue weighted by Gasteiger charge is -2.32. The number of sulfonamides is 1. The Hall–Kier alpha value is -0.490. The van der Waals surface area contributed by atoms with E-state index in [0.29, 0.717) is 8.66 Å². The summed E-state index contributed by atoms with van der Waals surface area (Å²) in [7, 11) is -6.36. The number of hydrogen-bond acceptors (Lipinski definition) is 7. The summed E-state index contributed by atoms with van der Waals surface area (Å²) in [5.74, 6) is -1.76. The Morgan fingerprint density at radius 3 is 2.64 bits per heavy atom. The molecule has 1 aromatic heterocycles. The van der Waals surface area contributed by atoms with E-state index in [-0.39, 0.29) is 17.2 Å². The van der Waals surface area contributed by atoms with Crippen molar-refractivity contribution in [3.8, 4) is 0 Å². The lowest BCUT2D eigenvalue weighted by Crippen LogP contribution is -2.54. The van der Waals surface area contributed by atoms with E-state index in [1.165, 1.54) is 17.4 Å². The number of aryl methyl sites for hydroxylation is 1. The monoisotopic (exact) mass is 431 g/mol. The second-order valence-electron chi connectivity index (χ2n) is 4.74. The van der Waals surface area contributed by atoms with Crippen molar-refractivity contribution in [2.75, 3.05) is 25.2 Å². The number of ether oxygens (including phenoxy) is 1. The molecule has 7 nitrogen and oxygen atoms in total. The van der Waals surface area contributed by atoms with Crippen LogP contribution in [0.2, 0.25) is 0 Å². The molecule has 0 amide bonds. The minimum Gasteiger partial charge on any atom is -0.468 e. The summed E-state index contributed by atoms with van der Waals surface area (Å²) in [5.41, 5.74) is 0. The summed E-state index contributed by atoms with van der Waals surface area (Å²) >= 11 is 4.47. The normalized spacial score (nSPS) is 22.4. The number of sulfone groups is 1. The maximum absolute atomic E-state index is 12.8. The Balaban J connectivity index is 2.48. The molecule has 0 radical (unpaired) electrons. The van der Waals surface area contributed by atoms with Gasteiger partial charge in [0.05, 0.1) is 27.3 Å². The van der Waals surface area contributed by atoms with Crippen LogP contribution in [0, 0.1) is 6.92 Å². The highest BCUT2D eigenvalue weighted by Crippen LogP contribution is 2.33. The average Bonchev–Trinajstić information content (AvgIpc) is 2.76. The molecule has 1 fully saturated rings. The lowest BCUT2D eigenvalue weighted by atomic mass is 10.3. The van der Waals surface area contributed by atoms with Crippen LogP contribution in [0.15, 0.2) is 14.7 Å². The third-order valence-electron chi connectivity index (χ3n) is 3.28. The number of thiophene rings is 1. The van der Waals surface area contributed by atoms with Crippen LogP contribution in [0.3, 0.4) is 0 Å². The molecular formula is C11H14BrNO6S3. The van der Waals surface area contributed by atoms with Gasteiger partial charge in [-0.1, -0.05) is 0 Å². The largest absolute Gasteiger partial charge is 0.468 e. The Bertz CT molecular complexity index is 798. The maximum Gasteiger partial charge on any atom is 0.325 e. The third kappa shape index (κ3) is 3.37. The second-order valence-corrected chi connectivity index (χ2v) is 11.5. The zero-order chi connectivity index (χ0) is 16.7. The second kappa shape index (κ2) is 6.19. The summed E-state index contributed by atoms with van der Waals surface area (Å²) in [6.07, 6.45) is 0. The minimum absolute atomic E-state index is 0.0672. The SMILES string of the molecule is COC(=O)C1CS(=O)(=O)CCN1S(=O)(=O)c1cc(Br)sc1C. The molecule has 1 aliphatic rings. The highest BCUT2D eigenvalue weighted by atomic mass is 79.9. The van der Waals surface area contributed by atoms with Gasteiger partial charge in [-0.05, 0) is 28.9 Å². The summed E-state index contributed by atoms with van der Waals surface area (Å²) in [5, 5.41) is 0. The fourth-order valence-corrected chi connectivity index (χ4v) is 7.83. The highest BCUT2D eigenvalue weighted by molar-refractivity contribution is 9.11. The zero-order valence-corrected chi connectivity index (χ0v) is 15.8. The first-order valence-corrected chi connectivity index (χ1v) is 11.0. The van der Waals surface area contributed by atoms with Gasteiger partial charge in [0.25, 0.3) is 0 Å². The molecule has 0 spiro atoms. The van der Waals surface area contributed by atoms with Crippen LogP contribution >= 0.6 is 27.3 Å². The molecule has 0 N–H and O–H groups in total. The van der Waals surface area contributed by atoms with Gasteiger partial charge in [-0.15, -0.1) is 11.3 Å². The van der Waals surface area contributed by atoms with Crippen molar-refractivity contribution in [1.82, 2.24) is 4.31 Å². The van der Waals surface area contributed by atoms with Gasteiger partial charge in [-0.25, -0.2) is 16.8 Å². The maximum atomic E-state index is 12.8. The fourth-order valence-electron chi connectivity index (χ4n) is 2.21. The standard InChI is InChI=1S/C11H14BrNO6S3/c1-7-9(5-10(12)20-7)22(17,18)13-3-4-21(15,16)6-8(13)11(14)19-2/h5,8H,3-4,6H2,1-2H3. The van der Waals surface area contributed by atoms with E-state index >= 15 is 0 Å². The van der Waals surface area contributed by atoms with Gasteiger partial charge in [0.2, 0.25) is 10.0 Å². The molecule has 11 heteroatoms. The number of methoxy groups -OCH3 is 1. The van der Waals surface area contributed by atoms with Crippen LogP contribution < -0.4 is 0 Å². The Morgan fingerprint density at radius 2 is 2.14 bits per heavy atom. The first-order valence-electron chi connectivity index (χ1n) is 6.14. The molecule has 1 atom stereocenters. The lowest BCUT2D eigenvalue weighted by molar-refractivity contribution is -0.144. The molecular weight excluding hydrogens is 418 g/mol. The molecule has 2 rings (SSSR count). The van der Waals surface area contributed by atoms with E-state index < -0.39 is 37.6 Å². The molecule has 0 aromatic carbocycles. The van der Waals surface area contributed by atoms with Gasteiger partial charge in [0.15, 0.2) is 9.84 Å². The molecule has 1 unspecified atom stereocenters. The number of hydrogen-bond donors (Lipinski definition) is 0. The van der Waals surface area contributed by atoms with Gasteiger partial charge in [0, 0.05) is 11.4 Å². The molecule has 1 aromatic rings. The first-order chi connectivity index (χ1) is 10.1. The third-order valence-corrected chi connectivity index (χ3v) is 8.63. The molecule has 2 heterocycles. The van der Waals surface area contributed by atoms with Gasteiger partial charge >= 0.3 is 5.97 Å². The van der Waals surface area contributed by atoms with Crippen LogP contribution in [-0.2, 0) is 29.4 Å².